The Hall–Kier alpha value is -3.98. The van der Waals surface area contributed by atoms with Crippen molar-refractivity contribution in [3.8, 4) is 11.5 Å². The third kappa shape index (κ3) is 4.90. The number of esters is 1. The van der Waals surface area contributed by atoms with Gasteiger partial charge in [-0.3, -0.25) is 4.79 Å². The smallest absolute Gasteiger partial charge is 0.465 e. The van der Waals surface area contributed by atoms with Gasteiger partial charge in [0.15, 0.2) is 11.5 Å². The first-order valence-electron chi connectivity index (χ1n) is 13.3. The molecule has 208 valence electrons. The number of aryl methyl sites for hydroxylation is 1. The highest BCUT2D eigenvalue weighted by molar-refractivity contribution is 5.92. The fourth-order valence-corrected chi connectivity index (χ4v) is 5.75. The minimum absolute atomic E-state index is 0.0449. The van der Waals surface area contributed by atoms with E-state index in [1.807, 2.05) is 43.3 Å². The number of hydrogen-bond acceptors (Lipinski definition) is 6. The first-order chi connectivity index (χ1) is 19.2. The molecule has 0 radical (unpaired) electrons. The van der Waals surface area contributed by atoms with Crippen LogP contribution in [0.5, 0.6) is 11.5 Å². The van der Waals surface area contributed by atoms with Crippen LogP contribution in [0.3, 0.4) is 0 Å². The van der Waals surface area contributed by atoms with Gasteiger partial charge in [0.2, 0.25) is 5.91 Å². The molecule has 0 spiro atoms. The second-order valence-corrected chi connectivity index (χ2v) is 10.6. The lowest BCUT2D eigenvalue weighted by Crippen LogP contribution is -2.45. The van der Waals surface area contributed by atoms with Crippen molar-refractivity contribution in [3.05, 3.63) is 94.5 Å². The van der Waals surface area contributed by atoms with E-state index in [1.165, 1.54) is 19.2 Å². The Morgan fingerprint density at radius 3 is 2.35 bits per heavy atom. The van der Waals surface area contributed by atoms with Gasteiger partial charge >= 0.3 is 12.3 Å². The monoisotopic (exact) mass is 549 g/mol. The summed E-state index contributed by atoms with van der Waals surface area (Å²) in [5.41, 5.74) is 3.12. The molecule has 1 saturated heterocycles. The zero-order valence-electron chi connectivity index (χ0n) is 22.1. The lowest BCUT2D eigenvalue weighted by molar-refractivity contribution is -0.286. The molecule has 2 heterocycles. The Bertz CT molecular complexity index is 1460. The third-order valence-corrected chi connectivity index (χ3v) is 8.01. The second-order valence-electron chi connectivity index (χ2n) is 10.6. The Labute approximate surface area is 230 Å². The predicted octanol–water partition coefficient (Wildman–Crippen LogP) is 5.91. The standard InChI is InChI=1S/C31H29F2NO6/c1-18-14-20(28(35)37-2)8-10-23(18)26-17-22(16-25(38-26)19-6-4-3-5-7-19)34-29(36)30(12-13-30)21-9-11-24-27(15-21)40-31(32,33)39-24/h3-11,14-15,22,25-26H,12-13,16-17H2,1-2H3,(H,34,36)/t22-,25-,26+/m0/s1. The highest BCUT2D eigenvalue weighted by atomic mass is 19.3. The van der Waals surface area contributed by atoms with E-state index < -0.39 is 17.7 Å². The molecule has 3 aromatic carbocycles. The SMILES string of the molecule is COC(=O)c1ccc([C@H]2C[C@@H](NC(=O)C3(c4ccc5c(c4)OC(F)(F)O5)CC3)C[C@@H](c3ccccc3)O2)c(C)c1. The third-order valence-electron chi connectivity index (χ3n) is 8.01. The van der Waals surface area contributed by atoms with E-state index in [9.17, 15) is 18.4 Å². The zero-order valence-corrected chi connectivity index (χ0v) is 22.1. The minimum Gasteiger partial charge on any atom is -0.465 e. The van der Waals surface area contributed by atoms with E-state index >= 15 is 0 Å². The Morgan fingerprint density at radius 2 is 1.65 bits per heavy atom. The summed E-state index contributed by atoms with van der Waals surface area (Å²) in [5, 5.41) is 3.25. The number of hydrogen-bond donors (Lipinski definition) is 1. The molecule has 9 heteroatoms. The summed E-state index contributed by atoms with van der Waals surface area (Å²) in [6, 6.07) is 19.6. The van der Waals surface area contributed by atoms with Crippen LogP contribution in [0.15, 0.2) is 66.7 Å². The first-order valence-corrected chi connectivity index (χ1v) is 13.3. The highest BCUT2D eigenvalue weighted by Crippen LogP contribution is 2.52. The fraction of sp³-hybridized carbons (Fsp3) is 0.355. The summed E-state index contributed by atoms with van der Waals surface area (Å²) in [6.45, 7) is 1.92. The van der Waals surface area contributed by atoms with Crippen LogP contribution in [-0.4, -0.2) is 31.3 Å². The van der Waals surface area contributed by atoms with Gasteiger partial charge in [-0.05, 0) is 79.1 Å². The van der Waals surface area contributed by atoms with Crippen LogP contribution in [0.2, 0.25) is 0 Å². The van der Waals surface area contributed by atoms with Crippen LogP contribution >= 0.6 is 0 Å². The van der Waals surface area contributed by atoms with Gasteiger partial charge in [0.25, 0.3) is 0 Å². The predicted molar refractivity (Wildman–Crippen MR) is 140 cm³/mol. The average molecular weight is 550 g/mol. The average Bonchev–Trinajstić information content (AvgIpc) is 3.70. The molecule has 0 aromatic heterocycles. The molecule has 40 heavy (non-hydrogen) atoms. The maximum absolute atomic E-state index is 13.7. The normalized spacial score (nSPS) is 23.8. The number of rotatable bonds is 6. The number of methoxy groups -OCH3 is 1. The van der Waals surface area contributed by atoms with Crippen LogP contribution < -0.4 is 14.8 Å². The Kier molecular flexibility index (Phi) is 6.49. The van der Waals surface area contributed by atoms with Gasteiger partial charge in [-0.2, -0.15) is 0 Å². The van der Waals surface area contributed by atoms with Gasteiger partial charge in [0.05, 0.1) is 30.3 Å². The van der Waals surface area contributed by atoms with Crippen LogP contribution in [0, 0.1) is 6.92 Å². The molecule has 0 bridgehead atoms. The number of benzene rings is 3. The zero-order chi connectivity index (χ0) is 28.1. The van der Waals surface area contributed by atoms with Crippen molar-refractivity contribution < 1.29 is 37.3 Å². The largest absolute Gasteiger partial charge is 0.586 e. The van der Waals surface area contributed by atoms with Gasteiger partial charge in [-0.1, -0.05) is 42.5 Å². The maximum Gasteiger partial charge on any atom is 0.586 e. The van der Waals surface area contributed by atoms with Crippen LogP contribution in [0.25, 0.3) is 0 Å². The van der Waals surface area contributed by atoms with E-state index in [4.69, 9.17) is 9.47 Å². The molecule has 3 aliphatic rings. The molecule has 3 aromatic rings. The summed E-state index contributed by atoms with van der Waals surface area (Å²) in [6.07, 6.45) is -1.95. The number of fused-ring (bicyclic) bond motifs is 1. The number of carbonyl (C=O) groups excluding carboxylic acids is 2. The van der Waals surface area contributed by atoms with Gasteiger partial charge < -0.3 is 24.3 Å². The molecule has 1 N–H and O–H groups in total. The van der Waals surface area contributed by atoms with E-state index in [1.54, 1.807) is 18.2 Å². The molecule has 7 nitrogen and oxygen atoms in total. The van der Waals surface area contributed by atoms with Crippen LogP contribution in [0.1, 0.15) is 70.5 Å². The number of nitrogens with one attached hydrogen (secondary N) is 1. The minimum atomic E-state index is -3.71. The van der Waals surface area contributed by atoms with E-state index in [-0.39, 0.29) is 35.7 Å². The summed E-state index contributed by atoms with van der Waals surface area (Å²) in [4.78, 5) is 25.7. The quantitative estimate of drug-likeness (QED) is 0.385. The van der Waals surface area contributed by atoms with Crippen molar-refractivity contribution in [1.82, 2.24) is 5.32 Å². The van der Waals surface area contributed by atoms with Gasteiger partial charge in [-0.15, -0.1) is 8.78 Å². The Balaban J connectivity index is 1.24. The van der Waals surface area contributed by atoms with Crippen LogP contribution in [0.4, 0.5) is 8.78 Å². The van der Waals surface area contributed by atoms with Gasteiger partial charge in [0.1, 0.15) is 0 Å². The highest BCUT2D eigenvalue weighted by Gasteiger charge is 2.53. The van der Waals surface area contributed by atoms with Crippen molar-refractivity contribution in [2.75, 3.05) is 7.11 Å². The summed E-state index contributed by atoms with van der Waals surface area (Å²) < 4.78 is 47.7. The fourth-order valence-electron chi connectivity index (χ4n) is 5.75. The lowest BCUT2D eigenvalue weighted by atomic mass is 9.88. The molecular weight excluding hydrogens is 520 g/mol. The summed E-state index contributed by atoms with van der Waals surface area (Å²) in [5.74, 6) is -0.666. The topological polar surface area (TPSA) is 83.1 Å². The molecule has 1 aliphatic carbocycles. The molecule has 6 rings (SSSR count). The van der Waals surface area contributed by atoms with Crippen molar-refractivity contribution in [3.63, 3.8) is 0 Å². The summed E-state index contributed by atoms with van der Waals surface area (Å²) in [7, 11) is 1.35. The summed E-state index contributed by atoms with van der Waals surface area (Å²) >= 11 is 0. The van der Waals surface area contributed by atoms with Crippen molar-refractivity contribution >= 4 is 11.9 Å². The second kappa shape index (κ2) is 9.89. The Morgan fingerprint density at radius 1 is 0.925 bits per heavy atom. The molecule has 3 atom stereocenters. The maximum atomic E-state index is 13.7. The van der Waals surface area contributed by atoms with Gasteiger partial charge in [0, 0.05) is 6.04 Å². The molecule has 2 fully saturated rings. The van der Waals surface area contributed by atoms with Crippen molar-refractivity contribution in [2.24, 2.45) is 0 Å². The van der Waals surface area contributed by atoms with Gasteiger partial charge in [-0.25, -0.2) is 4.79 Å². The van der Waals surface area contributed by atoms with Crippen molar-refractivity contribution in [1.29, 1.82) is 0 Å². The number of halogens is 2. The number of ether oxygens (including phenoxy) is 4. The van der Waals surface area contributed by atoms with E-state index in [0.29, 0.717) is 36.8 Å². The molecule has 1 amide bonds. The van der Waals surface area contributed by atoms with E-state index in [2.05, 4.69) is 14.8 Å². The molecule has 2 aliphatic heterocycles. The molecule has 1 saturated carbocycles. The number of carbonyl (C=O) groups is 2. The molecular formula is C31H29F2NO6. The first kappa shape index (κ1) is 26.3. The van der Waals surface area contributed by atoms with Crippen LogP contribution in [-0.2, 0) is 19.7 Å². The molecule has 0 unspecified atom stereocenters. The van der Waals surface area contributed by atoms with Crippen molar-refractivity contribution in [2.45, 2.75) is 62.6 Å². The number of alkyl halides is 2. The van der Waals surface area contributed by atoms with E-state index in [0.717, 1.165) is 16.7 Å². The lowest BCUT2D eigenvalue weighted by Gasteiger charge is -2.37. The number of amides is 1.